The maximum atomic E-state index is 5.06. The van der Waals surface area contributed by atoms with Gasteiger partial charge in [0.15, 0.2) is 5.82 Å². The molecule has 10 aromatic rings. The molecule has 0 radical (unpaired) electrons. The van der Waals surface area contributed by atoms with Gasteiger partial charge < -0.3 is 0 Å². The molecular formula is C51H33N3. The zero-order chi connectivity index (χ0) is 35.8. The van der Waals surface area contributed by atoms with Gasteiger partial charge in [0.05, 0.1) is 11.4 Å². The predicted octanol–water partition coefficient (Wildman–Crippen LogP) is 13.3. The molecule has 0 unspecified atom stereocenters. The molecule has 0 aliphatic carbocycles. The van der Waals surface area contributed by atoms with Crippen LogP contribution in [-0.2, 0) is 0 Å². The zero-order valence-electron chi connectivity index (χ0n) is 29.4. The van der Waals surface area contributed by atoms with Gasteiger partial charge in [-0.05, 0) is 83.9 Å². The molecule has 3 heteroatoms. The van der Waals surface area contributed by atoms with E-state index in [1.165, 1.54) is 49.0 Å². The molecular weight excluding hydrogens is 655 g/mol. The molecule has 252 valence electrons. The van der Waals surface area contributed by atoms with Gasteiger partial charge in [0, 0.05) is 29.1 Å². The predicted molar refractivity (Wildman–Crippen MR) is 225 cm³/mol. The van der Waals surface area contributed by atoms with Crippen LogP contribution in [0.4, 0.5) is 0 Å². The molecule has 0 N–H and O–H groups in total. The van der Waals surface area contributed by atoms with Gasteiger partial charge in [0.25, 0.3) is 0 Å². The number of pyridine rings is 1. The third kappa shape index (κ3) is 5.78. The van der Waals surface area contributed by atoms with Crippen molar-refractivity contribution < 1.29 is 0 Å². The Morgan fingerprint density at radius 2 is 0.833 bits per heavy atom. The quantitative estimate of drug-likeness (QED) is 0.163. The van der Waals surface area contributed by atoms with E-state index in [0.29, 0.717) is 5.82 Å². The molecule has 0 aliphatic heterocycles. The Kier molecular flexibility index (Phi) is 7.81. The lowest BCUT2D eigenvalue weighted by Crippen LogP contribution is -1.96. The van der Waals surface area contributed by atoms with E-state index in [0.717, 1.165) is 44.8 Å². The number of aromatic nitrogens is 3. The van der Waals surface area contributed by atoms with E-state index in [-0.39, 0.29) is 0 Å². The molecule has 0 saturated heterocycles. The number of benzene rings is 8. The van der Waals surface area contributed by atoms with Crippen molar-refractivity contribution >= 4 is 32.3 Å². The normalized spacial score (nSPS) is 11.3. The summed E-state index contributed by atoms with van der Waals surface area (Å²) >= 11 is 0. The van der Waals surface area contributed by atoms with E-state index in [4.69, 9.17) is 9.97 Å². The van der Waals surface area contributed by atoms with Crippen LogP contribution in [0.1, 0.15) is 0 Å². The van der Waals surface area contributed by atoms with Crippen LogP contribution in [0.15, 0.2) is 200 Å². The highest BCUT2D eigenvalue weighted by Gasteiger charge is 2.13. The van der Waals surface area contributed by atoms with Gasteiger partial charge in [0.1, 0.15) is 0 Å². The minimum Gasteiger partial charge on any atom is -0.264 e. The van der Waals surface area contributed by atoms with Crippen LogP contribution in [-0.4, -0.2) is 15.0 Å². The molecule has 3 nitrogen and oxygen atoms in total. The Labute approximate surface area is 313 Å². The maximum Gasteiger partial charge on any atom is 0.160 e. The van der Waals surface area contributed by atoms with E-state index in [1.807, 2.05) is 30.5 Å². The second-order valence-corrected chi connectivity index (χ2v) is 13.7. The molecule has 0 bridgehead atoms. The Hall–Kier alpha value is -7.23. The number of fused-ring (bicyclic) bond motifs is 5. The van der Waals surface area contributed by atoms with Crippen molar-refractivity contribution in [1.82, 2.24) is 15.0 Å². The molecule has 0 spiro atoms. The number of hydrogen-bond acceptors (Lipinski definition) is 3. The summed E-state index contributed by atoms with van der Waals surface area (Å²) in [5.41, 5.74) is 11.8. The molecule has 2 heterocycles. The summed E-state index contributed by atoms with van der Waals surface area (Å²) in [6.45, 7) is 0. The standard InChI is InChI=1S/C51H33N3/c1-2-10-41(11-3-1)51-53-48(32-49(54-51)40-27-20-36(21-28-40)43-12-8-30-52-33-43)39-25-18-35(19-26-39)34-16-22-38(23-17-34)47-31-42-29-24-37-9-4-5-13-44(37)50(42)46-15-7-6-14-45(46)47/h1-33H. The molecule has 8 aromatic carbocycles. The van der Waals surface area contributed by atoms with Crippen LogP contribution in [0.3, 0.4) is 0 Å². The van der Waals surface area contributed by atoms with Crippen LogP contribution < -0.4 is 0 Å². The Morgan fingerprint density at radius 1 is 0.315 bits per heavy atom. The van der Waals surface area contributed by atoms with E-state index in [9.17, 15) is 0 Å². The largest absolute Gasteiger partial charge is 0.264 e. The summed E-state index contributed by atoms with van der Waals surface area (Å²) in [7, 11) is 0. The van der Waals surface area contributed by atoms with Gasteiger partial charge in [-0.3, -0.25) is 4.98 Å². The van der Waals surface area contributed by atoms with Crippen LogP contribution >= 0.6 is 0 Å². The van der Waals surface area contributed by atoms with Crippen molar-refractivity contribution in [3.05, 3.63) is 200 Å². The van der Waals surface area contributed by atoms with Gasteiger partial charge in [-0.25, -0.2) is 9.97 Å². The van der Waals surface area contributed by atoms with Gasteiger partial charge in [-0.15, -0.1) is 0 Å². The molecule has 0 amide bonds. The molecule has 0 fully saturated rings. The zero-order valence-corrected chi connectivity index (χ0v) is 29.4. The lowest BCUT2D eigenvalue weighted by molar-refractivity contribution is 1.18. The smallest absolute Gasteiger partial charge is 0.160 e. The minimum atomic E-state index is 0.702. The Morgan fingerprint density at radius 3 is 1.48 bits per heavy atom. The highest BCUT2D eigenvalue weighted by Crippen LogP contribution is 2.39. The lowest BCUT2D eigenvalue weighted by atomic mass is 9.90. The maximum absolute atomic E-state index is 5.06. The molecule has 10 rings (SSSR count). The van der Waals surface area contributed by atoms with Gasteiger partial charge in [-0.2, -0.15) is 0 Å². The molecule has 54 heavy (non-hydrogen) atoms. The summed E-state index contributed by atoms with van der Waals surface area (Å²) in [5.74, 6) is 0.702. The molecule has 2 aromatic heterocycles. The first kappa shape index (κ1) is 31.5. The van der Waals surface area contributed by atoms with Crippen molar-refractivity contribution in [3.8, 4) is 67.3 Å². The topological polar surface area (TPSA) is 38.7 Å². The number of rotatable bonds is 6. The monoisotopic (exact) mass is 687 g/mol. The van der Waals surface area contributed by atoms with Crippen molar-refractivity contribution in [1.29, 1.82) is 0 Å². The number of hydrogen-bond donors (Lipinski definition) is 0. The molecule has 0 atom stereocenters. The third-order valence-electron chi connectivity index (χ3n) is 10.4. The van der Waals surface area contributed by atoms with Gasteiger partial charge >= 0.3 is 0 Å². The summed E-state index contributed by atoms with van der Waals surface area (Å²) in [5, 5.41) is 7.68. The summed E-state index contributed by atoms with van der Waals surface area (Å²) in [6.07, 6.45) is 3.68. The summed E-state index contributed by atoms with van der Waals surface area (Å²) in [4.78, 5) is 14.4. The second-order valence-electron chi connectivity index (χ2n) is 13.7. The average molecular weight is 688 g/mol. The van der Waals surface area contributed by atoms with Crippen LogP contribution in [0.25, 0.3) is 99.6 Å². The van der Waals surface area contributed by atoms with Crippen LogP contribution in [0, 0.1) is 0 Å². The lowest BCUT2D eigenvalue weighted by Gasteiger charge is -2.14. The molecule has 0 saturated carbocycles. The first-order chi connectivity index (χ1) is 26.7. The first-order valence-corrected chi connectivity index (χ1v) is 18.2. The van der Waals surface area contributed by atoms with Gasteiger partial charge in [-0.1, -0.05) is 170 Å². The SMILES string of the molecule is c1ccc(-c2nc(-c3ccc(-c4ccc(-c5cc6ccc7ccccc7c6c6ccccc56)cc4)cc3)cc(-c3ccc(-c4cccnc4)cc3)n2)cc1. The average Bonchev–Trinajstić information content (AvgIpc) is 3.26. The summed E-state index contributed by atoms with van der Waals surface area (Å²) in [6, 6.07) is 66.8. The first-order valence-electron chi connectivity index (χ1n) is 18.2. The van der Waals surface area contributed by atoms with E-state index >= 15 is 0 Å². The molecule has 0 aliphatic rings. The fourth-order valence-corrected chi connectivity index (χ4v) is 7.62. The fourth-order valence-electron chi connectivity index (χ4n) is 7.62. The van der Waals surface area contributed by atoms with E-state index < -0.39 is 0 Å². The number of nitrogens with zero attached hydrogens (tertiary/aromatic N) is 3. The third-order valence-corrected chi connectivity index (χ3v) is 10.4. The van der Waals surface area contributed by atoms with Crippen LogP contribution in [0.2, 0.25) is 0 Å². The van der Waals surface area contributed by atoms with Crippen molar-refractivity contribution in [3.63, 3.8) is 0 Å². The highest BCUT2D eigenvalue weighted by atomic mass is 14.9. The summed E-state index contributed by atoms with van der Waals surface area (Å²) < 4.78 is 0. The highest BCUT2D eigenvalue weighted by molar-refractivity contribution is 6.23. The van der Waals surface area contributed by atoms with Gasteiger partial charge in [0.2, 0.25) is 0 Å². The van der Waals surface area contributed by atoms with Crippen molar-refractivity contribution in [2.24, 2.45) is 0 Å². The van der Waals surface area contributed by atoms with E-state index in [1.54, 1.807) is 6.20 Å². The van der Waals surface area contributed by atoms with Crippen molar-refractivity contribution in [2.45, 2.75) is 0 Å². The second kappa shape index (κ2) is 13.4. The fraction of sp³-hybridized carbons (Fsp3) is 0. The minimum absolute atomic E-state index is 0.702. The Balaban J connectivity index is 0.982. The van der Waals surface area contributed by atoms with Crippen molar-refractivity contribution in [2.75, 3.05) is 0 Å². The van der Waals surface area contributed by atoms with E-state index in [2.05, 4.69) is 169 Å². The van der Waals surface area contributed by atoms with Crippen LogP contribution in [0.5, 0.6) is 0 Å². The Bertz CT molecular complexity index is 2940.